The van der Waals surface area contributed by atoms with E-state index >= 15 is 0 Å². The van der Waals surface area contributed by atoms with Crippen molar-refractivity contribution in [2.24, 2.45) is 0 Å². The van der Waals surface area contributed by atoms with Gasteiger partial charge >= 0.3 is 12.7 Å². The van der Waals surface area contributed by atoms with Crippen LogP contribution in [0.3, 0.4) is 0 Å². The number of aromatic nitrogens is 4. The number of benzene rings is 2. The number of nitrogens with zero attached hydrogens (tertiary/aromatic N) is 5. The molecular formula is C28H26F6N6O4S. The Hall–Kier alpha value is -4.51. The molecule has 0 saturated heterocycles. The molecule has 2 heterocycles. The first kappa shape index (κ1) is 33.4. The molecule has 2 N–H and O–H groups in total. The third kappa shape index (κ3) is 11.8. The van der Waals surface area contributed by atoms with Crippen molar-refractivity contribution in [1.29, 1.82) is 0 Å². The lowest BCUT2D eigenvalue weighted by Gasteiger charge is -2.13. The Balaban J connectivity index is 1.16. The summed E-state index contributed by atoms with van der Waals surface area (Å²) in [5.41, 5.74) is 1.56. The Labute approximate surface area is 256 Å². The van der Waals surface area contributed by atoms with Crippen LogP contribution < -0.4 is 19.9 Å². The number of rotatable bonds is 14. The van der Waals surface area contributed by atoms with Gasteiger partial charge in [0.25, 0.3) is 0 Å². The zero-order chi connectivity index (χ0) is 32.5. The summed E-state index contributed by atoms with van der Waals surface area (Å²) in [6.07, 6.45) is -6.88. The Morgan fingerprint density at radius 3 is 2.09 bits per heavy atom. The highest BCUT2D eigenvalue weighted by Gasteiger charge is 2.31. The molecule has 0 atom stereocenters. The minimum Gasteiger partial charge on any atom is -0.406 e. The van der Waals surface area contributed by atoms with E-state index in [1.54, 1.807) is 18.2 Å². The number of aryl methyl sites for hydroxylation is 2. The van der Waals surface area contributed by atoms with Crippen LogP contribution in [0.2, 0.25) is 0 Å². The Morgan fingerprint density at radius 2 is 1.44 bits per heavy atom. The number of amides is 1. The molecule has 0 bridgehead atoms. The van der Waals surface area contributed by atoms with Gasteiger partial charge in [0.1, 0.15) is 16.5 Å². The van der Waals surface area contributed by atoms with E-state index in [0.717, 1.165) is 30.0 Å². The first-order chi connectivity index (χ1) is 21.3. The van der Waals surface area contributed by atoms with E-state index in [1.807, 2.05) is 0 Å². The highest BCUT2D eigenvalue weighted by atomic mass is 32.1. The number of carbonyl (C=O) groups excluding carboxylic acids is 1. The molecule has 4 aromatic rings. The van der Waals surface area contributed by atoms with Crippen LogP contribution in [0, 0.1) is 0 Å². The zero-order valence-electron chi connectivity index (χ0n) is 23.3. The fourth-order valence-corrected chi connectivity index (χ4v) is 4.86. The van der Waals surface area contributed by atoms with Crippen molar-refractivity contribution >= 4 is 28.2 Å². The predicted octanol–water partition coefficient (Wildman–Crippen LogP) is 6.31. The lowest BCUT2D eigenvalue weighted by molar-refractivity contribution is -0.275. The molecule has 0 radical (unpaired) electrons. The van der Waals surface area contributed by atoms with E-state index < -0.39 is 24.4 Å². The minimum absolute atomic E-state index is 0.0866. The highest BCUT2D eigenvalue weighted by Crippen LogP contribution is 2.26. The lowest BCUT2D eigenvalue weighted by Crippen LogP contribution is -2.21. The first-order valence-electron chi connectivity index (χ1n) is 13.4. The van der Waals surface area contributed by atoms with E-state index in [0.29, 0.717) is 34.7 Å². The van der Waals surface area contributed by atoms with Gasteiger partial charge in [0, 0.05) is 6.42 Å². The smallest absolute Gasteiger partial charge is 0.406 e. The SMILES string of the molecule is O=C(Cc1cccc(OC(F)(F)F)c1)Nc1ccc(CCCCc2nnc(N(O)CCc3cccc(OC(F)(F)F)c3)s2)nn1. The molecule has 0 fully saturated rings. The van der Waals surface area contributed by atoms with E-state index in [9.17, 15) is 36.3 Å². The zero-order valence-corrected chi connectivity index (χ0v) is 24.1. The summed E-state index contributed by atoms with van der Waals surface area (Å²) in [5.74, 6) is -1.04. The second kappa shape index (κ2) is 15.0. The van der Waals surface area contributed by atoms with Crippen molar-refractivity contribution in [2.45, 2.75) is 51.2 Å². The minimum atomic E-state index is -4.83. The van der Waals surface area contributed by atoms with Crippen molar-refractivity contribution in [3.63, 3.8) is 0 Å². The molecule has 45 heavy (non-hydrogen) atoms. The molecule has 240 valence electrons. The number of unbranched alkanes of at least 4 members (excludes halogenated alkanes) is 1. The van der Waals surface area contributed by atoms with Gasteiger partial charge < -0.3 is 14.8 Å². The fourth-order valence-electron chi connectivity index (χ4n) is 4.05. The summed E-state index contributed by atoms with van der Waals surface area (Å²) in [7, 11) is 0. The van der Waals surface area contributed by atoms with Gasteiger partial charge in [-0.05, 0) is 73.2 Å². The number of nitrogens with one attached hydrogen (secondary N) is 1. The summed E-state index contributed by atoms with van der Waals surface area (Å²) in [6, 6.07) is 13.9. The number of alkyl halides is 6. The van der Waals surface area contributed by atoms with Gasteiger partial charge in [-0.15, -0.1) is 41.6 Å². The normalized spacial score (nSPS) is 11.7. The van der Waals surface area contributed by atoms with Crippen LogP contribution in [0.5, 0.6) is 11.5 Å². The number of hydroxylamine groups is 1. The van der Waals surface area contributed by atoms with Gasteiger partial charge in [0.05, 0.1) is 18.7 Å². The van der Waals surface area contributed by atoms with Crippen molar-refractivity contribution in [1.82, 2.24) is 20.4 Å². The number of hydrogen-bond donors (Lipinski definition) is 2. The van der Waals surface area contributed by atoms with Crippen molar-refractivity contribution in [2.75, 3.05) is 16.9 Å². The number of carbonyl (C=O) groups is 1. The Kier molecular flexibility index (Phi) is 11.1. The van der Waals surface area contributed by atoms with Crippen LogP contribution in [-0.2, 0) is 30.5 Å². The molecule has 0 unspecified atom stereocenters. The van der Waals surface area contributed by atoms with Gasteiger partial charge in [-0.1, -0.05) is 35.6 Å². The second-order valence-electron chi connectivity index (χ2n) is 9.58. The molecule has 0 aliphatic carbocycles. The highest BCUT2D eigenvalue weighted by molar-refractivity contribution is 7.15. The van der Waals surface area contributed by atoms with Gasteiger partial charge in [-0.3, -0.25) is 10.0 Å². The van der Waals surface area contributed by atoms with Crippen LogP contribution in [0.4, 0.5) is 37.3 Å². The Morgan fingerprint density at radius 1 is 0.800 bits per heavy atom. The molecule has 1 amide bonds. The molecule has 0 spiro atoms. The third-order valence-corrected chi connectivity index (χ3v) is 6.98. The third-order valence-electron chi connectivity index (χ3n) is 5.98. The predicted molar refractivity (Wildman–Crippen MR) is 150 cm³/mol. The van der Waals surface area contributed by atoms with Crippen molar-refractivity contribution in [3.05, 3.63) is 82.5 Å². The lowest BCUT2D eigenvalue weighted by atomic mass is 10.1. The summed E-state index contributed by atoms with van der Waals surface area (Å²) >= 11 is 1.20. The van der Waals surface area contributed by atoms with Crippen LogP contribution >= 0.6 is 11.3 Å². The molecule has 0 aliphatic rings. The van der Waals surface area contributed by atoms with Crippen LogP contribution in [0.25, 0.3) is 0 Å². The molecule has 17 heteroatoms. The number of ether oxygens (including phenoxy) is 2. The molecule has 0 saturated carbocycles. The molecule has 2 aromatic heterocycles. The van der Waals surface area contributed by atoms with Gasteiger partial charge in [-0.25, -0.2) is 5.06 Å². The van der Waals surface area contributed by atoms with Crippen molar-refractivity contribution < 1.29 is 45.8 Å². The van der Waals surface area contributed by atoms with Gasteiger partial charge in [-0.2, -0.15) is 5.10 Å². The van der Waals surface area contributed by atoms with Gasteiger partial charge in [0.2, 0.25) is 11.0 Å². The largest absolute Gasteiger partial charge is 0.573 e. The summed E-state index contributed by atoms with van der Waals surface area (Å²) in [5, 5.41) is 30.9. The molecule has 2 aromatic carbocycles. The molecule has 0 aliphatic heterocycles. The van der Waals surface area contributed by atoms with Gasteiger partial charge in [0.15, 0.2) is 5.82 Å². The van der Waals surface area contributed by atoms with E-state index in [-0.39, 0.29) is 36.1 Å². The summed E-state index contributed by atoms with van der Waals surface area (Å²) < 4.78 is 82.3. The average molecular weight is 657 g/mol. The van der Waals surface area contributed by atoms with Crippen LogP contribution in [-0.4, -0.2) is 50.8 Å². The standard InChI is InChI=1S/C28H26F6N6O4S/c29-27(30,31)43-21-8-3-5-18(15-21)13-14-40(42)26-39-38-25(45-26)10-2-1-7-20-11-12-23(37-36-20)35-24(41)17-19-6-4-9-22(16-19)44-28(32,33)34/h3-6,8-9,11-12,15-16,42H,1-2,7,10,13-14,17H2,(H,35,37,41). The maximum Gasteiger partial charge on any atom is 0.573 e. The molecule has 10 nitrogen and oxygen atoms in total. The quantitative estimate of drug-likeness (QED) is 0.0914. The van der Waals surface area contributed by atoms with E-state index in [4.69, 9.17) is 0 Å². The number of hydrogen-bond acceptors (Lipinski definition) is 10. The van der Waals surface area contributed by atoms with E-state index in [2.05, 4.69) is 35.2 Å². The fraction of sp³-hybridized carbons (Fsp3) is 0.321. The van der Waals surface area contributed by atoms with Crippen LogP contribution in [0.1, 0.15) is 34.7 Å². The average Bonchev–Trinajstić information content (AvgIpc) is 3.43. The first-order valence-corrected chi connectivity index (χ1v) is 14.2. The van der Waals surface area contributed by atoms with Crippen LogP contribution in [0.15, 0.2) is 60.7 Å². The summed E-state index contributed by atoms with van der Waals surface area (Å²) in [4.78, 5) is 12.3. The number of halogens is 6. The topological polar surface area (TPSA) is 123 Å². The monoisotopic (exact) mass is 656 g/mol. The maximum atomic E-state index is 12.4. The maximum absolute atomic E-state index is 12.4. The Bertz CT molecular complexity index is 1550. The number of anilines is 2. The second-order valence-corrected chi connectivity index (χ2v) is 10.6. The van der Waals surface area contributed by atoms with Crippen molar-refractivity contribution in [3.8, 4) is 11.5 Å². The molecule has 4 rings (SSSR count). The summed E-state index contributed by atoms with van der Waals surface area (Å²) in [6.45, 7) is 0.0866. The molecular weight excluding hydrogens is 630 g/mol. The van der Waals surface area contributed by atoms with E-state index in [1.165, 1.54) is 41.7 Å².